The zero-order valence-electron chi connectivity index (χ0n) is 7.42. The van der Waals surface area contributed by atoms with Gasteiger partial charge in [0.15, 0.2) is 0 Å². The smallest absolute Gasteiger partial charge is 0.110 e. The third-order valence-electron chi connectivity index (χ3n) is 1.83. The van der Waals surface area contributed by atoms with Crippen LogP contribution in [0.1, 0.15) is 25.6 Å². The maximum Gasteiger partial charge on any atom is 0.110 e. The molecule has 1 nitrogen and oxygen atoms in total. The van der Waals surface area contributed by atoms with Gasteiger partial charge in [-0.1, -0.05) is 25.2 Å². The molecular weight excluding hydrogens is 185 g/mol. The van der Waals surface area contributed by atoms with E-state index in [1.54, 1.807) is 0 Å². The average molecular weight is 199 g/mol. The molecule has 0 saturated carbocycles. The molecule has 2 unspecified atom stereocenters. The molecule has 0 spiro atoms. The van der Waals surface area contributed by atoms with Gasteiger partial charge < -0.3 is 5.32 Å². The maximum atomic E-state index is 5.24. The molecule has 1 aromatic heterocycles. The fraction of sp³-hybridized carbons (Fsp3) is 0.444. The van der Waals surface area contributed by atoms with Crippen molar-refractivity contribution in [2.24, 2.45) is 0 Å². The normalized spacial score (nSPS) is 13.2. The molecule has 0 bridgehead atoms. The Morgan fingerprint density at radius 3 is 3.00 bits per heavy atom. The quantitative estimate of drug-likeness (QED) is 0.751. The minimum atomic E-state index is 0.490. The van der Waals surface area contributed by atoms with Crippen molar-refractivity contribution in [3.05, 3.63) is 23.2 Å². The number of nitrogens with one attached hydrogen (secondary N) is 1. The maximum absolute atomic E-state index is 5.24. The van der Waals surface area contributed by atoms with Crippen molar-refractivity contribution in [1.29, 1.82) is 0 Å². The Kier molecular flexibility index (Phi) is 3.77. The molecule has 1 aromatic rings. The van der Waals surface area contributed by atoms with Crippen LogP contribution in [0.3, 0.4) is 0 Å². The predicted molar refractivity (Wildman–Crippen MR) is 60.5 cm³/mol. The molecule has 0 aliphatic rings. The van der Waals surface area contributed by atoms with Crippen molar-refractivity contribution in [3.8, 4) is 0 Å². The SMILES string of the molecule is CCC(C)NC(=S)c1ccc[pH]1. The van der Waals surface area contributed by atoms with Crippen LogP contribution >= 0.6 is 20.4 Å². The van der Waals surface area contributed by atoms with Crippen LogP contribution in [0.25, 0.3) is 0 Å². The van der Waals surface area contributed by atoms with E-state index in [1.165, 1.54) is 5.30 Å². The Labute approximate surface area is 80.7 Å². The van der Waals surface area contributed by atoms with Gasteiger partial charge in [0.25, 0.3) is 0 Å². The lowest BCUT2D eigenvalue weighted by molar-refractivity contribution is 0.647. The Hall–Kier alpha value is -0.330. The first kappa shape index (κ1) is 9.76. The number of hydrogen-bond acceptors (Lipinski definition) is 1. The van der Waals surface area contributed by atoms with Crippen LogP contribution in [0.15, 0.2) is 17.9 Å². The van der Waals surface area contributed by atoms with Gasteiger partial charge in [-0.05, 0) is 25.2 Å². The minimum Gasteiger partial charge on any atom is -0.373 e. The highest BCUT2D eigenvalue weighted by Gasteiger charge is 2.03. The summed E-state index contributed by atoms with van der Waals surface area (Å²) in [6.07, 6.45) is 1.12. The zero-order chi connectivity index (χ0) is 8.97. The van der Waals surface area contributed by atoms with Crippen LogP contribution in [-0.2, 0) is 0 Å². The van der Waals surface area contributed by atoms with Crippen LogP contribution in [0.2, 0.25) is 0 Å². The summed E-state index contributed by atoms with van der Waals surface area (Å²) in [6, 6.07) is 4.65. The van der Waals surface area contributed by atoms with Crippen molar-refractivity contribution in [1.82, 2.24) is 5.32 Å². The van der Waals surface area contributed by atoms with Crippen LogP contribution in [-0.4, -0.2) is 11.0 Å². The molecule has 0 fully saturated rings. The highest BCUT2D eigenvalue weighted by atomic mass is 32.1. The summed E-state index contributed by atoms with van der Waals surface area (Å²) in [5, 5.41) is 4.57. The van der Waals surface area contributed by atoms with E-state index in [9.17, 15) is 0 Å². The van der Waals surface area contributed by atoms with Crippen molar-refractivity contribution in [2.75, 3.05) is 0 Å². The van der Waals surface area contributed by atoms with Gasteiger partial charge in [0.05, 0.1) is 0 Å². The number of thiocarbonyl (C=S) groups is 1. The van der Waals surface area contributed by atoms with Gasteiger partial charge in [-0.2, -0.15) is 0 Å². The first-order valence-electron chi connectivity index (χ1n) is 4.18. The summed E-state index contributed by atoms with van der Waals surface area (Å²) in [6.45, 7) is 4.31. The molecule has 0 aromatic carbocycles. The molecule has 3 heteroatoms. The number of rotatable bonds is 3. The topological polar surface area (TPSA) is 12.0 Å². The molecule has 1 N–H and O–H groups in total. The molecule has 1 heterocycles. The van der Waals surface area contributed by atoms with E-state index >= 15 is 0 Å². The van der Waals surface area contributed by atoms with Gasteiger partial charge >= 0.3 is 0 Å². The summed E-state index contributed by atoms with van der Waals surface area (Å²) in [4.78, 5) is 0.924. The molecule has 0 aliphatic heterocycles. The lowest BCUT2D eigenvalue weighted by Crippen LogP contribution is -2.30. The highest BCUT2D eigenvalue weighted by molar-refractivity contribution is 7.81. The van der Waals surface area contributed by atoms with Crippen LogP contribution < -0.4 is 5.32 Å². The highest BCUT2D eigenvalue weighted by Crippen LogP contribution is 2.15. The molecule has 0 saturated heterocycles. The molecule has 0 radical (unpaired) electrons. The summed E-state index contributed by atoms with van der Waals surface area (Å²) in [5.41, 5.74) is 0. The van der Waals surface area contributed by atoms with Crippen molar-refractivity contribution in [2.45, 2.75) is 26.3 Å². The van der Waals surface area contributed by atoms with Gasteiger partial charge in [-0.15, -0.1) is 8.19 Å². The van der Waals surface area contributed by atoms with Crippen LogP contribution in [0, 0.1) is 0 Å². The minimum absolute atomic E-state index is 0.490. The summed E-state index contributed by atoms with van der Waals surface area (Å²) >= 11 is 5.24. The van der Waals surface area contributed by atoms with Crippen LogP contribution in [0.4, 0.5) is 0 Å². The monoisotopic (exact) mass is 199 g/mol. The van der Waals surface area contributed by atoms with E-state index in [-0.39, 0.29) is 0 Å². The summed E-state index contributed by atoms with van der Waals surface area (Å²) in [5.74, 6) is 2.15. The van der Waals surface area contributed by atoms with Gasteiger partial charge in [0.2, 0.25) is 0 Å². The zero-order valence-corrected chi connectivity index (χ0v) is 9.24. The molecule has 66 valence electrons. The van der Waals surface area contributed by atoms with E-state index in [0.717, 1.165) is 19.6 Å². The fourth-order valence-corrected chi connectivity index (χ4v) is 2.09. The van der Waals surface area contributed by atoms with Gasteiger partial charge in [-0.3, -0.25) is 0 Å². The predicted octanol–water partition coefficient (Wildman–Crippen LogP) is 2.78. The second kappa shape index (κ2) is 4.64. The molecule has 1 rings (SSSR count). The van der Waals surface area contributed by atoms with E-state index < -0.39 is 0 Å². The molecule has 2 atom stereocenters. The Morgan fingerprint density at radius 2 is 2.50 bits per heavy atom. The first-order chi connectivity index (χ1) is 5.74. The Balaban J connectivity index is 2.50. The van der Waals surface area contributed by atoms with E-state index in [1.807, 2.05) is 0 Å². The lowest BCUT2D eigenvalue weighted by atomic mass is 10.2. The molecule has 12 heavy (non-hydrogen) atoms. The largest absolute Gasteiger partial charge is 0.373 e. The fourth-order valence-electron chi connectivity index (χ4n) is 0.875. The van der Waals surface area contributed by atoms with Crippen molar-refractivity contribution in [3.63, 3.8) is 0 Å². The van der Waals surface area contributed by atoms with Crippen molar-refractivity contribution >= 4 is 25.4 Å². The third-order valence-corrected chi connectivity index (χ3v) is 3.44. The Bertz CT molecular complexity index is 243. The standard InChI is InChI=1S/C9H14NPS/c1-3-7(2)10-9(12)8-5-4-6-11-8/h4-7,11H,3H2,1-2H3,(H,10,12). The van der Waals surface area contributed by atoms with Crippen LogP contribution in [0.5, 0.6) is 0 Å². The first-order valence-corrected chi connectivity index (χ1v) is 5.67. The molecule has 0 aliphatic carbocycles. The van der Waals surface area contributed by atoms with E-state index in [2.05, 4.69) is 37.1 Å². The summed E-state index contributed by atoms with van der Waals surface area (Å²) < 4.78 is 0. The van der Waals surface area contributed by atoms with Gasteiger partial charge in [0, 0.05) is 11.3 Å². The number of hydrogen-bond donors (Lipinski definition) is 1. The van der Waals surface area contributed by atoms with Crippen molar-refractivity contribution < 1.29 is 0 Å². The third kappa shape index (κ3) is 2.62. The Morgan fingerprint density at radius 1 is 1.75 bits per heavy atom. The van der Waals surface area contributed by atoms with Gasteiger partial charge in [-0.25, -0.2) is 0 Å². The lowest BCUT2D eigenvalue weighted by Gasteiger charge is -2.12. The summed E-state index contributed by atoms with van der Waals surface area (Å²) in [7, 11) is 0.758. The average Bonchev–Trinajstić information content (AvgIpc) is 2.56. The molecule has 0 amide bonds. The van der Waals surface area contributed by atoms with E-state index in [0.29, 0.717) is 6.04 Å². The molecular formula is C9H14NPS. The van der Waals surface area contributed by atoms with E-state index in [4.69, 9.17) is 12.2 Å². The second-order valence-electron chi connectivity index (χ2n) is 2.87. The van der Waals surface area contributed by atoms with Gasteiger partial charge in [0.1, 0.15) is 4.99 Å². The second-order valence-corrected chi connectivity index (χ2v) is 4.44.